The predicted octanol–water partition coefficient (Wildman–Crippen LogP) is 7.13. The van der Waals surface area contributed by atoms with Crippen LogP contribution in [0.2, 0.25) is 0 Å². The molecule has 1 saturated carbocycles. The first kappa shape index (κ1) is 41.7. The number of esters is 2. The van der Waals surface area contributed by atoms with Crippen molar-refractivity contribution in [2.75, 3.05) is 32.4 Å². The number of benzene rings is 2. The van der Waals surface area contributed by atoms with Gasteiger partial charge in [0.15, 0.2) is 5.69 Å². The second-order valence-corrected chi connectivity index (χ2v) is 13.5. The average molecular weight is 756 g/mol. The Morgan fingerprint density at radius 3 is 2.35 bits per heavy atom. The van der Waals surface area contributed by atoms with Crippen molar-refractivity contribution in [3.05, 3.63) is 83.2 Å². The molecule has 4 rings (SSSR count). The summed E-state index contributed by atoms with van der Waals surface area (Å²) in [7, 11) is 1.44. The van der Waals surface area contributed by atoms with E-state index < -0.39 is 36.6 Å². The van der Waals surface area contributed by atoms with Gasteiger partial charge in [0.2, 0.25) is 6.79 Å². The number of amidine groups is 1. The molecule has 3 amide bonds. The lowest BCUT2D eigenvalue weighted by Gasteiger charge is -2.17. The van der Waals surface area contributed by atoms with Gasteiger partial charge < -0.3 is 29.6 Å². The number of nitrogens with zero attached hydrogens (tertiary/aromatic N) is 1. The molecule has 0 bridgehead atoms. The number of nitrogens with one attached hydrogen (secondary N) is 4. The highest BCUT2D eigenvalue weighted by Crippen LogP contribution is 2.35. The van der Waals surface area contributed by atoms with Gasteiger partial charge in [-0.15, -0.1) is 0 Å². The van der Waals surface area contributed by atoms with Crippen LogP contribution in [0.4, 0.5) is 10.5 Å². The minimum atomic E-state index is -0.991. The van der Waals surface area contributed by atoms with Gasteiger partial charge in [-0.25, -0.2) is 14.6 Å². The van der Waals surface area contributed by atoms with E-state index in [4.69, 9.17) is 24.4 Å². The number of alkyl carbamates (subject to hydrolysis) is 1. The molecule has 1 aliphatic rings. The molecule has 2 aromatic carbocycles. The van der Waals surface area contributed by atoms with E-state index in [0.29, 0.717) is 35.0 Å². The smallest absolute Gasteiger partial charge is 0.412 e. The van der Waals surface area contributed by atoms with Crippen molar-refractivity contribution in [3.63, 3.8) is 0 Å². The molecule has 0 atom stereocenters. The van der Waals surface area contributed by atoms with Crippen LogP contribution in [-0.4, -0.2) is 67.7 Å². The molecule has 1 fully saturated rings. The van der Waals surface area contributed by atoms with Gasteiger partial charge >= 0.3 is 18.0 Å². The summed E-state index contributed by atoms with van der Waals surface area (Å²) in [6.45, 7) is 9.67. The molecule has 14 heteroatoms. The number of hydrogen-bond acceptors (Lipinski definition) is 11. The largest absolute Gasteiger partial charge is 0.496 e. The second kappa shape index (κ2) is 20.4. The monoisotopic (exact) mass is 755 g/mol. The number of ether oxygens (including phenoxy) is 4. The third-order valence-electron chi connectivity index (χ3n) is 8.57. The standard InChI is InChI=1S/C41H49N5O9/c1-6-8-9-10-19-53-41(51)46-37(42)28-13-15-29(16-14-28)44-38(48)32-21-27(7-2)34(52-5)22-31(32)30-17-18-33(39(49)43-23-26-11-12-26)45-36(30)40(50)55-24-54-35(47)20-25(3)4/h7,13-18,21-22,25-26H,2,6,8-12,19-20,23-24H2,1,3-5H3,(H,43,49)(H,44,48)(H2,42,46,51). The van der Waals surface area contributed by atoms with Gasteiger partial charge in [-0.3, -0.25) is 25.1 Å². The van der Waals surface area contributed by atoms with Crippen molar-refractivity contribution in [2.45, 2.75) is 65.7 Å². The molecule has 0 unspecified atom stereocenters. The molecule has 0 spiro atoms. The molecule has 55 heavy (non-hydrogen) atoms. The number of hydrogen-bond donors (Lipinski definition) is 4. The van der Waals surface area contributed by atoms with Crippen LogP contribution in [0.5, 0.6) is 5.75 Å². The zero-order valence-corrected chi connectivity index (χ0v) is 31.8. The van der Waals surface area contributed by atoms with Crippen LogP contribution in [0.1, 0.15) is 108 Å². The fourth-order valence-corrected chi connectivity index (χ4v) is 5.38. The molecular weight excluding hydrogens is 706 g/mol. The minimum absolute atomic E-state index is 0.0318. The van der Waals surface area contributed by atoms with E-state index in [-0.39, 0.29) is 52.9 Å². The molecular formula is C41H49N5O9. The molecule has 0 aliphatic heterocycles. The average Bonchev–Trinajstić information content (AvgIpc) is 4.00. The van der Waals surface area contributed by atoms with E-state index in [1.165, 1.54) is 31.4 Å². The Morgan fingerprint density at radius 1 is 0.945 bits per heavy atom. The number of carbonyl (C=O) groups excluding carboxylic acids is 5. The summed E-state index contributed by atoms with van der Waals surface area (Å²) in [5, 5.41) is 16.3. The van der Waals surface area contributed by atoms with Crippen LogP contribution < -0.4 is 20.7 Å². The van der Waals surface area contributed by atoms with E-state index >= 15 is 0 Å². The summed E-state index contributed by atoms with van der Waals surface area (Å²) in [5.74, 6) is -2.01. The summed E-state index contributed by atoms with van der Waals surface area (Å²) in [6, 6.07) is 12.3. The van der Waals surface area contributed by atoms with Gasteiger partial charge in [-0.2, -0.15) is 0 Å². The van der Waals surface area contributed by atoms with Crippen LogP contribution in [0.25, 0.3) is 17.2 Å². The zero-order valence-electron chi connectivity index (χ0n) is 31.8. The molecule has 1 aromatic heterocycles. The highest BCUT2D eigenvalue weighted by atomic mass is 16.7. The molecule has 14 nitrogen and oxygen atoms in total. The number of unbranched alkanes of at least 4 members (excludes halogenated alkanes) is 3. The number of methoxy groups -OCH3 is 1. The summed E-state index contributed by atoms with van der Waals surface area (Å²) < 4.78 is 21.1. The van der Waals surface area contributed by atoms with Gasteiger partial charge in [0.25, 0.3) is 11.8 Å². The van der Waals surface area contributed by atoms with E-state index in [2.05, 4.69) is 34.4 Å². The molecule has 1 heterocycles. The van der Waals surface area contributed by atoms with Gasteiger partial charge in [0, 0.05) is 46.5 Å². The summed E-state index contributed by atoms with van der Waals surface area (Å²) in [6.07, 6.45) is 6.77. The second-order valence-electron chi connectivity index (χ2n) is 13.5. The van der Waals surface area contributed by atoms with Gasteiger partial charge in [0.1, 0.15) is 17.3 Å². The maximum atomic E-state index is 14.0. The van der Waals surface area contributed by atoms with E-state index in [9.17, 15) is 24.0 Å². The lowest BCUT2D eigenvalue weighted by Crippen LogP contribution is -2.31. The third-order valence-corrected chi connectivity index (χ3v) is 8.57. The summed E-state index contributed by atoms with van der Waals surface area (Å²) in [4.78, 5) is 69.2. The van der Waals surface area contributed by atoms with E-state index in [1.807, 2.05) is 13.8 Å². The molecule has 0 radical (unpaired) electrons. The normalized spacial score (nSPS) is 11.9. The van der Waals surface area contributed by atoms with E-state index in [1.54, 1.807) is 30.3 Å². The number of anilines is 1. The van der Waals surface area contributed by atoms with Crippen molar-refractivity contribution >= 4 is 47.4 Å². The number of pyridine rings is 1. The van der Waals surface area contributed by atoms with Crippen LogP contribution in [0.15, 0.2) is 55.1 Å². The van der Waals surface area contributed by atoms with Gasteiger partial charge in [0.05, 0.1) is 13.7 Å². The third kappa shape index (κ3) is 12.5. The van der Waals surface area contributed by atoms with Crippen molar-refractivity contribution in [1.29, 1.82) is 5.41 Å². The van der Waals surface area contributed by atoms with Crippen LogP contribution in [0.3, 0.4) is 0 Å². The Hall–Kier alpha value is -6.05. The van der Waals surface area contributed by atoms with Gasteiger partial charge in [-0.05, 0) is 79.6 Å². The van der Waals surface area contributed by atoms with Crippen molar-refractivity contribution in [3.8, 4) is 16.9 Å². The number of rotatable bonds is 19. The molecule has 1 aliphatic carbocycles. The Labute approximate surface area is 320 Å². The van der Waals surface area contributed by atoms with Crippen LogP contribution >= 0.6 is 0 Å². The first-order chi connectivity index (χ1) is 26.4. The maximum Gasteiger partial charge on any atom is 0.412 e. The number of amides is 3. The topological polar surface area (TPSA) is 195 Å². The Kier molecular flexibility index (Phi) is 15.5. The first-order valence-corrected chi connectivity index (χ1v) is 18.3. The fourth-order valence-electron chi connectivity index (χ4n) is 5.38. The van der Waals surface area contributed by atoms with Gasteiger partial charge in [-0.1, -0.05) is 52.7 Å². The minimum Gasteiger partial charge on any atom is -0.496 e. The zero-order chi connectivity index (χ0) is 39.9. The van der Waals surface area contributed by atoms with Crippen LogP contribution in [-0.2, 0) is 19.0 Å². The Balaban J connectivity index is 1.61. The quantitative estimate of drug-likeness (QED) is 0.0321. The first-order valence-electron chi connectivity index (χ1n) is 18.3. The number of carbonyl (C=O) groups is 5. The molecule has 0 saturated heterocycles. The van der Waals surface area contributed by atoms with Crippen molar-refractivity contribution < 1.29 is 42.9 Å². The van der Waals surface area contributed by atoms with E-state index in [0.717, 1.165) is 38.5 Å². The highest BCUT2D eigenvalue weighted by Gasteiger charge is 2.27. The Bertz CT molecular complexity index is 1890. The van der Waals surface area contributed by atoms with Crippen LogP contribution in [0, 0.1) is 17.2 Å². The lowest BCUT2D eigenvalue weighted by atomic mass is 9.94. The molecule has 4 N–H and O–H groups in total. The Morgan fingerprint density at radius 2 is 1.69 bits per heavy atom. The SMILES string of the molecule is C=Cc1cc(C(=O)Nc2ccc(C(=N)NC(=O)OCCCCCC)cc2)c(-c2ccc(C(=O)NCC3CC3)nc2C(=O)OCOC(=O)CC(C)C)cc1OC. The van der Waals surface area contributed by atoms with Crippen molar-refractivity contribution in [2.24, 2.45) is 11.8 Å². The maximum absolute atomic E-state index is 14.0. The summed E-state index contributed by atoms with van der Waals surface area (Å²) in [5.41, 5.74) is 1.34. The number of aromatic nitrogens is 1. The predicted molar refractivity (Wildman–Crippen MR) is 207 cm³/mol. The summed E-state index contributed by atoms with van der Waals surface area (Å²) >= 11 is 0. The fraction of sp³-hybridized carbons (Fsp3) is 0.390. The molecule has 3 aromatic rings. The van der Waals surface area contributed by atoms with Crippen molar-refractivity contribution in [1.82, 2.24) is 15.6 Å². The lowest BCUT2D eigenvalue weighted by molar-refractivity contribution is -0.153. The highest BCUT2D eigenvalue weighted by molar-refractivity contribution is 6.11. The molecule has 292 valence electrons.